The maximum Gasteiger partial charge on any atom is 0.352 e. The molecule has 0 aliphatic carbocycles. The van der Waals surface area contributed by atoms with Crippen molar-refractivity contribution in [1.82, 2.24) is 25.9 Å². The van der Waals surface area contributed by atoms with Crippen LogP contribution in [0.4, 0.5) is 4.79 Å². The highest BCUT2D eigenvalue weighted by atomic mass is 32.2. The fourth-order valence-electron chi connectivity index (χ4n) is 3.66. The van der Waals surface area contributed by atoms with E-state index in [0.717, 1.165) is 4.90 Å². The molecule has 2 aromatic heterocycles. The molecule has 4 rings (SSSR count). The third-order valence-electron chi connectivity index (χ3n) is 5.28. The van der Waals surface area contributed by atoms with Gasteiger partial charge in [0.2, 0.25) is 12.1 Å². The zero-order valence-corrected chi connectivity index (χ0v) is 21.3. The van der Waals surface area contributed by atoms with E-state index >= 15 is 0 Å². The highest BCUT2D eigenvalue weighted by molar-refractivity contribution is 8.01. The largest absolute Gasteiger partial charge is 0.594 e. The van der Waals surface area contributed by atoms with Crippen molar-refractivity contribution in [1.29, 1.82) is 5.26 Å². The van der Waals surface area contributed by atoms with Gasteiger partial charge in [-0.05, 0) is 23.1 Å². The Morgan fingerprint density at radius 2 is 2.19 bits per heavy atom. The standard InChI is InChI=1S/C21H19N7O6S3/c22-5-6-23-21(33)25-14(12-3-2-8-35-12)17(29)24-15-18(30)28-16(20(31)32)11(10-37-19(15)28)9-36-13-4-1-7-27(34)26-13/h1-4,7-8,14-15,19H,6,9-10H2,(H,24,29)(H,31,32)(H2,23,25,33)/t14?,15-,19?/m0/s1. The summed E-state index contributed by atoms with van der Waals surface area (Å²) in [5.74, 6) is -1.99. The number of nitrogens with one attached hydrogen (secondary N) is 3. The van der Waals surface area contributed by atoms with Crippen LogP contribution in [0.1, 0.15) is 10.9 Å². The molecule has 0 bridgehead atoms. The summed E-state index contributed by atoms with van der Waals surface area (Å²) in [6.45, 7) is -0.248. The van der Waals surface area contributed by atoms with Gasteiger partial charge in [-0.3, -0.25) is 14.5 Å². The third-order valence-corrected chi connectivity index (χ3v) is 8.57. The summed E-state index contributed by atoms with van der Waals surface area (Å²) in [4.78, 5) is 52.3. The highest BCUT2D eigenvalue weighted by Crippen LogP contribution is 2.41. The van der Waals surface area contributed by atoms with Gasteiger partial charge in [-0.25, -0.2) is 9.59 Å². The molecule has 4 N–H and O–H groups in total. The Labute approximate surface area is 222 Å². The molecule has 4 amide bonds. The Morgan fingerprint density at radius 3 is 2.86 bits per heavy atom. The van der Waals surface area contributed by atoms with E-state index in [1.54, 1.807) is 29.6 Å². The number of aliphatic carboxylic acids is 1. The second-order valence-corrected chi connectivity index (χ2v) is 10.7. The first-order valence-electron chi connectivity index (χ1n) is 10.6. The van der Waals surface area contributed by atoms with E-state index in [0.29, 0.717) is 26.1 Å². The van der Waals surface area contributed by atoms with Crippen LogP contribution in [0.5, 0.6) is 0 Å². The van der Waals surface area contributed by atoms with Crippen LogP contribution in [0.3, 0.4) is 0 Å². The molecule has 192 valence electrons. The van der Waals surface area contributed by atoms with Gasteiger partial charge in [0.05, 0.1) is 6.07 Å². The van der Waals surface area contributed by atoms with Crippen molar-refractivity contribution in [2.24, 2.45) is 0 Å². The number of carbonyl (C=O) groups excluding carboxylic acids is 3. The molecule has 2 aromatic rings. The molecule has 1 saturated heterocycles. The number of thioether (sulfide) groups is 2. The zero-order valence-electron chi connectivity index (χ0n) is 18.8. The maximum atomic E-state index is 13.1. The van der Waals surface area contributed by atoms with Crippen molar-refractivity contribution in [2.45, 2.75) is 22.5 Å². The molecule has 16 heteroatoms. The van der Waals surface area contributed by atoms with Crippen LogP contribution in [0.25, 0.3) is 0 Å². The minimum atomic E-state index is -1.27. The summed E-state index contributed by atoms with van der Waals surface area (Å²) in [5, 5.41) is 42.6. The molecular formula is C21H19N7O6S3. The molecule has 3 atom stereocenters. The van der Waals surface area contributed by atoms with E-state index in [1.165, 1.54) is 47.1 Å². The minimum Gasteiger partial charge on any atom is -0.594 e. The van der Waals surface area contributed by atoms with Crippen LogP contribution in [0.2, 0.25) is 0 Å². The molecule has 0 saturated carbocycles. The van der Waals surface area contributed by atoms with Crippen molar-refractivity contribution in [3.05, 3.63) is 57.2 Å². The SMILES string of the molecule is N#CCNC(=O)NC(C(=O)N[C@H]1C(=O)N2C(C(=O)O)=C(CSc3ccc[n+]([O-])n3)CSC12)c1cccs1. The molecule has 1 fully saturated rings. The van der Waals surface area contributed by atoms with Gasteiger partial charge in [0.25, 0.3) is 5.91 Å². The van der Waals surface area contributed by atoms with Crippen LogP contribution in [0, 0.1) is 16.5 Å². The number of carboxylic acids is 1. The molecule has 0 spiro atoms. The zero-order chi connectivity index (χ0) is 26.5. The van der Waals surface area contributed by atoms with Gasteiger partial charge in [0.1, 0.15) is 29.7 Å². The lowest BCUT2D eigenvalue weighted by Crippen LogP contribution is -2.71. The number of urea groups is 1. The number of aromatic nitrogens is 2. The summed E-state index contributed by atoms with van der Waals surface area (Å²) >= 11 is 3.71. The molecular weight excluding hydrogens is 542 g/mol. The van der Waals surface area contributed by atoms with Crippen molar-refractivity contribution < 1.29 is 29.1 Å². The van der Waals surface area contributed by atoms with Crippen LogP contribution in [-0.4, -0.2) is 68.4 Å². The van der Waals surface area contributed by atoms with Gasteiger partial charge < -0.3 is 26.3 Å². The van der Waals surface area contributed by atoms with Gasteiger partial charge in [0, 0.05) is 27.5 Å². The monoisotopic (exact) mass is 561 g/mol. The average Bonchev–Trinajstić information content (AvgIpc) is 3.41. The predicted octanol–water partition coefficient (Wildman–Crippen LogP) is 0.171. The summed E-state index contributed by atoms with van der Waals surface area (Å²) in [6, 6.07) is 5.44. The first-order valence-corrected chi connectivity index (χ1v) is 13.6. The third kappa shape index (κ3) is 5.79. The van der Waals surface area contributed by atoms with E-state index in [9.17, 15) is 29.5 Å². The van der Waals surface area contributed by atoms with Crippen molar-refractivity contribution in [3.63, 3.8) is 0 Å². The number of nitrogens with zero attached hydrogens (tertiary/aromatic N) is 4. The number of carbonyl (C=O) groups is 4. The summed E-state index contributed by atoms with van der Waals surface area (Å²) in [5.41, 5.74) is 0.341. The van der Waals surface area contributed by atoms with Gasteiger partial charge in [-0.1, -0.05) is 22.7 Å². The Morgan fingerprint density at radius 1 is 1.38 bits per heavy atom. The van der Waals surface area contributed by atoms with E-state index in [1.807, 2.05) is 0 Å². The highest BCUT2D eigenvalue weighted by Gasteiger charge is 2.54. The number of fused-ring (bicyclic) bond motifs is 1. The van der Waals surface area contributed by atoms with Crippen LogP contribution in [-0.2, 0) is 14.4 Å². The van der Waals surface area contributed by atoms with Gasteiger partial charge in [-0.2, -0.15) is 5.26 Å². The molecule has 37 heavy (non-hydrogen) atoms. The molecule has 2 unspecified atom stereocenters. The average molecular weight is 562 g/mol. The summed E-state index contributed by atoms with van der Waals surface area (Å²) in [6.07, 6.45) is 1.23. The van der Waals surface area contributed by atoms with Crippen molar-refractivity contribution in [3.8, 4) is 6.07 Å². The normalized spacial score (nSPS) is 19.2. The molecule has 4 heterocycles. The topological polar surface area (TPSA) is 191 Å². The number of hydrogen-bond acceptors (Lipinski definition) is 10. The molecule has 2 aliphatic heterocycles. The van der Waals surface area contributed by atoms with Gasteiger partial charge in [-0.15, -0.1) is 23.1 Å². The Hall–Kier alpha value is -3.81. The molecule has 2 aliphatic rings. The molecule has 0 aromatic carbocycles. The Balaban J connectivity index is 1.46. The number of β-lactam (4-membered cyclic amide) rings is 1. The quantitative estimate of drug-likeness (QED) is 0.108. The first kappa shape index (κ1) is 26.3. The van der Waals surface area contributed by atoms with Crippen LogP contribution < -0.4 is 20.8 Å². The number of nitriles is 1. The Bertz CT molecular complexity index is 1300. The number of amides is 4. The Kier molecular flexibility index (Phi) is 8.16. The lowest BCUT2D eigenvalue weighted by Gasteiger charge is -2.49. The lowest BCUT2D eigenvalue weighted by atomic mass is 10.0. The summed E-state index contributed by atoms with van der Waals surface area (Å²) < 4.78 is 0. The minimum absolute atomic E-state index is 0.151. The van der Waals surface area contributed by atoms with Crippen LogP contribution in [0.15, 0.2) is 52.1 Å². The smallest absolute Gasteiger partial charge is 0.352 e. The maximum absolute atomic E-state index is 13.1. The van der Waals surface area contributed by atoms with Crippen LogP contribution >= 0.6 is 34.9 Å². The van der Waals surface area contributed by atoms with Crippen molar-refractivity contribution >= 4 is 58.7 Å². The lowest BCUT2D eigenvalue weighted by molar-refractivity contribution is -0.672. The van der Waals surface area contributed by atoms with Gasteiger partial charge in [0.15, 0.2) is 5.03 Å². The number of hydrogen-bond donors (Lipinski definition) is 4. The van der Waals surface area contributed by atoms with E-state index in [-0.39, 0.29) is 18.0 Å². The second-order valence-electron chi connectivity index (χ2n) is 7.62. The van der Waals surface area contributed by atoms with Crippen molar-refractivity contribution in [2.75, 3.05) is 18.1 Å². The molecule has 0 radical (unpaired) electrons. The number of thiophene rings is 1. The van der Waals surface area contributed by atoms with E-state index < -0.39 is 41.3 Å². The number of rotatable bonds is 9. The fraction of sp³-hybridized carbons (Fsp3) is 0.286. The predicted molar refractivity (Wildman–Crippen MR) is 133 cm³/mol. The first-order chi connectivity index (χ1) is 17.8. The molecule has 13 nitrogen and oxygen atoms in total. The fourth-order valence-corrected chi connectivity index (χ4v) is 6.78. The van der Waals surface area contributed by atoms with E-state index in [4.69, 9.17) is 5.26 Å². The van der Waals surface area contributed by atoms with Gasteiger partial charge >= 0.3 is 12.0 Å². The second kappa shape index (κ2) is 11.5. The van der Waals surface area contributed by atoms with E-state index in [2.05, 4.69) is 21.0 Å². The number of carboxylic acid groups (broad SMARTS) is 1. The summed E-state index contributed by atoms with van der Waals surface area (Å²) in [7, 11) is 0.